The monoisotopic (exact) mass is 351 g/mol. The number of ether oxygens (including phenoxy) is 1. The van der Waals surface area contributed by atoms with Gasteiger partial charge in [0.15, 0.2) is 0 Å². The molecule has 1 aromatic carbocycles. The van der Waals surface area contributed by atoms with Crippen molar-refractivity contribution in [3.05, 3.63) is 28.8 Å². The molecule has 1 aromatic rings. The molecule has 24 heavy (non-hydrogen) atoms. The molecule has 0 aliphatic carbocycles. The average molecular weight is 351 g/mol. The third-order valence-electron chi connectivity index (χ3n) is 3.47. The molecule has 6 heteroatoms. The Morgan fingerprint density at radius 2 is 1.71 bits per heavy atom. The summed E-state index contributed by atoms with van der Waals surface area (Å²) in [7, 11) is 0. The van der Waals surface area contributed by atoms with E-state index in [9.17, 15) is 14.4 Å². The molecule has 0 N–H and O–H groups in total. The van der Waals surface area contributed by atoms with E-state index >= 15 is 0 Å². The lowest BCUT2D eigenvalue weighted by atomic mass is 10.0. The van der Waals surface area contributed by atoms with Crippen LogP contribution in [0.4, 0.5) is 5.69 Å². The van der Waals surface area contributed by atoms with Gasteiger partial charge in [-0.05, 0) is 43.4 Å². The van der Waals surface area contributed by atoms with E-state index in [0.29, 0.717) is 6.42 Å². The Morgan fingerprint density at radius 1 is 1.12 bits per heavy atom. The zero-order chi connectivity index (χ0) is 18.4. The van der Waals surface area contributed by atoms with Gasteiger partial charge < -0.3 is 4.74 Å². The third kappa shape index (κ3) is 6.00. The maximum absolute atomic E-state index is 12.3. The van der Waals surface area contributed by atoms with E-state index in [4.69, 9.17) is 0 Å². The molecule has 1 rings (SSSR count). The van der Waals surface area contributed by atoms with Gasteiger partial charge in [0, 0.05) is 25.3 Å². The van der Waals surface area contributed by atoms with Gasteiger partial charge in [-0.1, -0.05) is 26.0 Å². The molecule has 0 unspecified atom stereocenters. The molecule has 0 fully saturated rings. The normalized spacial score (nSPS) is 10.6. The molecule has 0 aliphatic heterocycles. The van der Waals surface area contributed by atoms with E-state index < -0.39 is 11.9 Å². The summed E-state index contributed by atoms with van der Waals surface area (Å²) in [6.07, 6.45) is 0.410. The van der Waals surface area contributed by atoms with Crippen LogP contribution >= 0.6 is 11.9 Å². The van der Waals surface area contributed by atoms with Crippen LogP contribution in [0.25, 0.3) is 0 Å². The Morgan fingerprint density at radius 3 is 2.25 bits per heavy atom. The van der Waals surface area contributed by atoms with Crippen LogP contribution < -0.4 is 4.31 Å². The Hall–Kier alpha value is -1.82. The largest absolute Gasteiger partial charge is 0.392 e. The van der Waals surface area contributed by atoms with Crippen LogP contribution in [0.15, 0.2) is 12.1 Å². The third-order valence-corrected chi connectivity index (χ3v) is 4.37. The lowest BCUT2D eigenvalue weighted by molar-refractivity contribution is -0.156. The second-order valence-electron chi connectivity index (χ2n) is 6.24. The molecule has 0 saturated carbocycles. The van der Waals surface area contributed by atoms with Crippen LogP contribution in [0.2, 0.25) is 0 Å². The summed E-state index contributed by atoms with van der Waals surface area (Å²) in [5.41, 5.74) is 3.84. The SMILES string of the molecule is CC(=O)OC(=O)CN(SC(=O)CC(C)C)c1c(C)ccc(C)c1C. The fraction of sp³-hybridized carbons (Fsp3) is 0.500. The second kappa shape index (κ2) is 8.87. The minimum Gasteiger partial charge on any atom is -0.392 e. The molecule has 0 radical (unpaired) electrons. The summed E-state index contributed by atoms with van der Waals surface area (Å²) in [5.74, 6) is -1.10. The summed E-state index contributed by atoms with van der Waals surface area (Å²) in [5, 5.41) is -0.0269. The van der Waals surface area contributed by atoms with Crippen LogP contribution in [0.1, 0.15) is 43.9 Å². The van der Waals surface area contributed by atoms with Crippen molar-refractivity contribution in [2.24, 2.45) is 5.92 Å². The summed E-state index contributed by atoms with van der Waals surface area (Å²) in [6, 6.07) is 3.95. The van der Waals surface area contributed by atoms with Gasteiger partial charge in [-0.25, -0.2) is 4.79 Å². The van der Waals surface area contributed by atoms with Crippen LogP contribution in [0, 0.1) is 26.7 Å². The number of hydrogen-bond acceptors (Lipinski definition) is 6. The highest BCUT2D eigenvalue weighted by Crippen LogP contribution is 2.33. The first kappa shape index (κ1) is 20.2. The van der Waals surface area contributed by atoms with Crippen LogP contribution in [-0.2, 0) is 19.1 Å². The van der Waals surface area contributed by atoms with Gasteiger partial charge in [0.2, 0.25) is 5.12 Å². The minimum atomic E-state index is -0.673. The molecule has 0 atom stereocenters. The van der Waals surface area contributed by atoms with E-state index in [1.54, 1.807) is 4.31 Å². The van der Waals surface area contributed by atoms with Crippen LogP contribution in [0.5, 0.6) is 0 Å². The van der Waals surface area contributed by atoms with Gasteiger partial charge in [-0.2, -0.15) is 0 Å². The van der Waals surface area contributed by atoms with Crippen molar-refractivity contribution in [2.45, 2.75) is 48.0 Å². The van der Waals surface area contributed by atoms with Crippen LogP contribution in [-0.4, -0.2) is 23.6 Å². The number of rotatable bonds is 6. The molecule has 0 aromatic heterocycles. The Balaban J connectivity index is 3.13. The first-order valence-corrected chi connectivity index (χ1v) is 8.65. The molecule has 0 saturated heterocycles. The summed E-state index contributed by atoms with van der Waals surface area (Å²) in [4.78, 5) is 35.2. The number of carbonyl (C=O) groups excluding carboxylic acids is 3. The van der Waals surface area contributed by atoms with Crippen molar-refractivity contribution in [1.82, 2.24) is 0 Å². The van der Waals surface area contributed by atoms with Crippen molar-refractivity contribution in [1.29, 1.82) is 0 Å². The van der Waals surface area contributed by atoms with Crippen molar-refractivity contribution in [2.75, 3.05) is 10.8 Å². The van der Waals surface area contributed by atoms with E-state index in [2.05, 4.69) is 4.74 Å². The molecule has 5 nitrogen and oxygen atoms in total. The quantitative estimate of drug-likeness (QED) is 0.442. The van der Waals surface area contributed by atoms with Gasteiger partial charge in [0.1, 0.15) is 6.54 Å². The highest BCUT2D eigenvalue weighted by atomic mass is 32.2. The summed E-state index contributed by atoms with van der Waals surface area (Å²) < 4.78 is 6.26. The molecule has 0 amide bonds. The number of aryl methyl sites for hydroxylation is 2. The fourth-order valence-corrected chi connectivity index (χ4v) is 3.48. The molecular weight excluding hydrogens is 326 g/mol. The number of anilines is 1. The number of benzene rings is 1. The standard InChI is InChI=1S/C18H25NO4S/c1-11(2)9-17(22)24-19(10-16(21)23-15(6)20)18-13(4)8-7-12(3)14(18)5/h7-8,11H,9-10H2,1-6H3. The molecular formula is C18H25NO4S. The van der Waals surface area contributed by atoms with Gasteiger partial charge in [0.25, 0.3) is 0 Å². The molecule has 0 bridgehead atoms. The first-order valence-electron chi connectivity index (χ1n) is 7.88. The van der Waals surface area contributed by atoms with Crippen LogP contribution in [0.3, 0.4) is 0 Å². The average Bonchev–Trinajstić information content (AvgIpc) is 2.41. The van der Waals surface area contributed by atoms with Crippen molar-refractivity contribution < 1.29 is 19.1 Å². The van der Waals surface area contributed by atoms with Gasteiger partial charge >= 0.3 is 11.9 Å². The maximum Gasteiger partial charge on any atom is 0.334 e. The highest BCUT2D eigenvalue weighted by molar-refractivity contribution is 8.14. The topological polar surface area (TPSA) is 63.7 Å². The van der Waals surface area contributed by atoms with E-state index in [1.807, 2.05) is 46.8 Å². The summed E-state index contributed by atoms with van der Waals surface area (Å²) in [6.45, 7) is 10.8. The fourth-order valence-electron chi connectivity index (χ4n) is 2.28. The highest BCUT2D eigenvalue weighted by Gasteiger charge is 2.22. The molecule has 0 spiro atoms. The number of hydrogen-bond donors (Lipinski definition) is 0. The predicted octanol–water partition coefficient (Wildman–Crippen LogP) is 3.73. The number of esters is 2. The van der Waals surface area contributed by atoms with E-state index in [-0.39, 0.29) is 17.6 Å². The first-order chi connectivity index (χ1) is 11.1. The lowest BCUT2D eigenvalue weighted by Crippen LogP contribution is -2.29. The second-order valence-corrected chi connectivity index (χ2v) is 7.32. The van der Waals surface area contributed by atoms with Gasteiger partial charge in [-0.3, -0.25) is 13.9 Å². The van der Waals surface area contributed by atoms with Crippen molar-refractivity contribution in [3.63, 3.8) is 0 Å². The smallest absolute Gasteiger partial charge is 0.334 e. The zero-order valence-corrected chi connectivity index (χ0v) is 16.0. The van der Waals surface area contributed by atoms with Gasteiger partial charge in [-0.15, -0.1) is 0 Å². The lowest BCUT2D eigenvalue weighted by Gasteiger charge is -2.26. The Bertz CT molecular complexity index is 640. The maximum atomic E-state index is 12.3. The van der Waals surface area contributed by atoms with E-state index in [1.165, 1.54) is 6.92 Å². The van der Waals surface area contributed by atoms with Crippen molar-refractivity contribution in [3.8, 4) is 0 Å². The van der Waals surface area contributed by atoms with Crippen molar-refractivity contribution >= 4 is 34.7 Å². The zero-order valence-electron chi connectivity index (χ0n) is 15.1. The van der Waals surface area contributed by atoms with Gasteiger partial charge in [0.05, 0.1) is 5.69 Å². The molecule has 132 valence electrons. The van der Waals surface area contributed by atoms with E-state index in [0.717, 1.165) is 34.3 Å². The Kier molecular flexibility index (Phi) is 7.48. The minimum absolute atomic E-state index is 0.0269. The Labute approximate surface area is 147 Å². The molecule has 0 heterocycles. The molecule has 0 aliphatic rings. The number of nitrogens with zero attached hydrogens (tertiary/aromatic N) is 1. The number of carbonyl (C=O) groups is 3. The predicted molar refractivity (Wildman–Crippen MR) is 96.8 cm³/mol. The summed E-state index contributed by atoms with van der Waals surface area (Å²) >= 11 is 1.00.